The number of benzene rings is 2. The number of hydrogen-bond donors (Lipinski definition) is 1. The molecule has 1 fully saturated rings. The van der Waals surface area contributed by atoms with Crippen LogP contribution >= 0.6 is 0 Å². The highest BCUT2D eigenvalue weighted by atomic mass is 32.2. The van der Waals surface area contributed by atoms with E-state index in [1.165, 1.54) is 4.90 Å². The van der Waals surface area contributed by atoms with Crippen molar-refractivity contribution in [3.63, 3.8) is 0 Å². The van der Waals surface area contributed by atoms with Gasteiger partial charge < -0.3 is 9.64 Å². The highest BCUT2D eigenvalue weighted by molar-refractivity contribution is 7.89. The zero-order valence-electron chi connectivity index (χ0n) is 13.0. The molecule has 0 spiro atoms. The van der Waals surface area contributed by atoms with Crippen LogP contribution < -0.4 is 14.8 Å². The minimum absolute atomic E-state index is 0.0693. The molecule has 1 atom stereocenters. The van der Waals surface area contributed by atoms with Gasteiger partial charge in [0.15, 0.2) is 0 Å². The van der Waals surface area contributed by atoms with Crippen LogP contribution in [-0.2, 0) is 21.4 Å². The lowest BCUT2D eigenvalue weighted by Gasteiger charge is -2.17. The van der Waals surface area contributed by atoms with Gasteiger partial charge >= 0.3 is 0 Å². The minimum Gasteiger partial charge on any atom is -0.489 e. The van der Waals surface area contributed by atoms with E-state index in [0.717, 1.165) is 5.56 Å². The molecular formula is C17H18N2O4S. The number of rotatable bonds is 5. The number of anilines is 1. The second-order valence-electron chi connectivity index (χ2n) is 5.69. The molecule has 0 bridgehead atoms. The van der Waals surface area contributed by atoms with E-state index in [9.17, 15) is 13.2 Å². The summed E-state index contributed by atoms with van der Waals surface area (Å²) in [7, 11) is -3.73. The van der Waals surface area contributed by atoms with Crippen LogP contribution in [0.25, 0.3) is 0 Å². The van der Waals surface area contributed by atoms with Crippen LogP contribution in [0.3, 0.4) is 0 Å². The first-order valence-electron chi connectivity index (χ1n) is 7.52. The Morgan fingerprint density at radius 3 is 2.54 bits per heavy atom. The zero-order chi connectivity index (χ0) is 17.2. The van der Waals surface area contributed by atoms with E-state index in [2.05, 4.69) is 0 Å². The van der Waals surface area contributed by atoms with Gasteiger partial charge in [0.05, 0.1) is 0 Å². The largest absolute Gasteiger partial charge is 0.489 e. The van der Waals surface area contributed by atoms with Gasteiger partial charge in [-0.25, -0.2) is 13.6 Å². The zero-order valence-corrected chi connectivity index (χ0v) is 13.8. The van der Waals surface area contributed by atoms with E-state index in [4.69, 9.17) is 9.88 Å². The van der Waals surface area contributed by atoms with Crippen molar-refractivity contribution in [2.45, 2.75) is 18.3 Å². The third-order valence-corrected chi connectivity index (χ3v) is 5.18. The smallest absolute Gasteiger partial charge is 0.228 e. The normalized spacial score (nSPS) is 18.0. The summed E-state index contributed by atoms with van der Waals surface area (Å²) in [5.74, 6) is 0.359. The second kappa shape index (κ2) is 6.62. The summed E-state index contributed by atoms with van der Waals surface area (Å²) in [6.07, 6.45) is -0.0894. The Morgan fingerprint density at radius 2 is 1.88 bits per heavy atom. The molecule has 1 aliphatic heterocycles. The fourth-order valence-corrected chi connectivity index (χ4v) is 3.36. The van der Waals surface area contributed by atoms with Crippen LogP contribution in [0.15, 0.2) is 54.6 Å². The summed E-state index contributed by atoms with van der Waals surface area (Å²) in [5.41, 5.74) is 1.64. The van der Waals surface area contributed by atoms with Gasteiger partial charge in [-0.1, -0.05) is 36.4 Å². The lowest BCUT2D eigenvalue weighted by Crippen LogP contribution is -2.32. The first kappa shape index (κ1) is 16.5. The molecule has 7 heteroatoms. The van der Waals surface area contributed by atoms with Gasteiger partial charge in [0.2, 0.25) is 15.9 Å². The van der Waals surface area contributed by atoms with Gasteiger partial charge in [-0.15, -0.1) is 0 Å². The molecule has 1 unspecified atom stereocenters. The number of nitrogens with zero attached hydrogens (tertiary/aromatic N) is 1. The molecule has 1 saturated heterocycles. The van der Waals surface area contributed by atoms with Crippen molar-refractivity contribution >= 4 is 21.6 Å². The monoisotopic (exact) mass is 346 g/mol. The summed E-state index contributed by atoms with van der Waals surface area (Å²) in [6, 6.07) is 16.8. The van der Waals surface area contributed by atoms with Crippen molar-refractivity contribution in [2.75, 3.05) is 11.4 Å². The number of sulfonamides is 1. The molecular weight excluding hydrogens is 328 g/mol. The molecule has 2 N–H and O–H groups in total. The van der Waals surface area contributed by atoms with Crippen molar-refractivity contribution in [1.82, 2.24) is 0 Å². The maximum atomic E-state index is 12.1. The molecule has 3 rings (SSSR count). The fourth-order valence-electron chi connectivity index (χ4n) is 2.63. The van der Waals surface area contributed by atoms with E-state index in [1.54, 1.807) is 24.3 Å². The van der Waals surface area contributed by atoms with Crippen LogP contribution in [0.4, 0.5) is 5.69 Å². The molecule has 0 aliphatic carbocycles. The topological polar surface area (TPSA) is 89.7 Å². The Kier molecular flexibility index (Phi) is 4.55. The quantitative estimate of drug-likeness (QED) is 0.891. The van der Waals surface area contributed by atoms with Crippen LogP contribution in [0.5, 0.6) is 5.75 Å². The van der Waals surface area contributed by atoms with Crippen molar-refractivity contribution in [1.29, 1.82) is 0 Å². The first-order chi connectivity index (χ1) is 11.4. The Bertz CT molecular complexity index is 837. The third kappa shape index (κ3) is 3.74. The van der Waals surface area contributed by atoms with Gasteiger partial charge in [0, 0.05) is 24.7 Å². The average Bonchev–Trinajstić information content (AvgIpc) is 2.96. The van der Waals surface area contributed by atoms with E-state index >= 15 is 0 Å². The number of nitrogens with two attached hydrogens (primary N) is 1. The molecule has 2 aromatic carbocycles. The van der Waals surface area contributed by atoms with Crippen LogP contribution in [0.1, 0.15) is 12.0 Å². The SMILES string of the molecule is NS(=O)(=O)C1CC(=O)N(c2cccc(OCc3ccccc3)c2)C1. The number of hydrogen-bond acceptors (Lipinski definition) is 4. The summed E-state index contributed by atoms with van der Waals surface area (Å²) >= 11 is 0. The summed E-state index contributed by atoms with van der Waals surface area (Å²) in [5, 5.41) is 4.29. The number of primary sulfonamides is 1. The van der Waals surface area contributed by atoms with Crippen molar-refractivity contribution in [2.24, 2.45) is 5.14 Å². The van der Waals surface area contributed by atoms with Gasteiger partial charge in [-0.05, 0) is 17.7 Å². The summed E-state index contributed by atoms with van der Waals surface area (Å²) in [4.78, 5) is 13.5. The number of carbonyl (C=O) groups excluding carboxylic acids is 1. The standard InChI is InChI=1S/C17H18N2O4S/c18-24(21,22)16-10-17(20)19(11-16)14-7-4-8-15(9-14)23-12-13-5-2-1-3-6-13/h1-9,16H,10-12H2,(H2,18,21,22). The highest BCUT2D eigenvalue weighted by Gasteiger charge is 2.37. The van der Waals surface area contributed by atoms with Gasteiger partial charge in [-0.2, -0.15) is 0 Å². The Hall–Kier alpha value is -2.38. The lowest BCUT2D eigenvalue weighted by atomic mass is 10.2. The van der Waals surface area contributed by atoms with Crippen molar-refractivity contribution in [3.8, 4) is 5.75 Å². The molecule has 126 valence electrons. The van der Waals surface area contributed by atoms with Gasteiger partial charge in [0.25, 0.3) is 0 Å². The van der Waals surface area contributed by atoms with Crippen molar-refractivity contribution < 1.29 is 17.9 Å². The van der Waals surface area contributed by atoms with Crippen molar-refractivity contribution in [3.05, 3.63) is 60.2 Å². The van der Waals surface area contributed by atoms with E-state index < -0.39 is 15.3 Å². The second-order valence-corrected chi connectivity index (χ2v) is 7.54. The lowest BCUT2D eigenvalue weighted by molar-refractivity contribution is -0.117. The molecule has 0 radical (unpaired) electrons. The van der Waals surface area contributed by atoms with E-state index in [1.807, 2.05) is 30.3 Å². The van der Waals surface area contributed by atoms with Crippen LogP contribution in [0.2, 0.25) is 0 Å². The predicted molar refractivity (Wildman–Crippen MR) is 91.1 cm³/mol. The molecule has 1 amide bonds. The Balaban J connectivity index is 1.72. The highest BCUT2D eigenvalue weighted by Crippen LogP contribution is 2.27. The Morgan fingerprint density at radius 1 is 1.12 bits per heavy atom. The molecule has 0 saturated carbocycles. The summed E-state index contributed by atoms with van der Waals surface area (Å²) < 4.78 is 28.7. The summed E-state index contributed by atoms with van der Waals surface area (Å²) in [6.45, 7) is 0.484. The van der Waals surface area contributed by atoms with Gasteiger partial charge in [-0.3, -0.25) is 4.79 Å². The average molecular weight is 346 g/mol. The predicted octanol–water partition coefficient (Wildman–Crippen LogP) is 1.66. The maximum absolute atomic E-state index is 12.1. The number of ether oxygens (including phenoxy) is 1. The van der Waals surface area contributed by atoms with Crippen LogP contribution in [-0.4, -0.2) is 26.1 Å². The molecule has 6 nitrogen and oxygen atoms in total. The number of amides is 1. The molecule has 0 aromatic heterocycles. The third-order valence-electron chi connectivity index (χ3n) is 3.93. The number of carbonyl (C=O) groups is 1. The van der Waals surface area contributed by atoms with Gasteiger partial charge in [0.1, 0.15) is 17.6 Å². The first-order valence-corrected chi connectivity index (χ1v) is 9.13. The molecule has 2 aromatic rings. The maximum Gasteiger partial charge on any atom is 0.228 e. The van der Waals surface area contributed by atoms with E-state index in [0.29, 0.717) is 18.0 Å². The molecule has 1 heterocycles. The molecule has 1 aliphatic rings. The minimum atomic E-state index is -3.73. The Labute approximate surface area is 140 Å². The fraction of sp³-hybridized carbons (Fsp3) is 0.235. The van der Waals surface area contributed by atoms with Crippen LogP contribution in [0, 0.1) is 0 Å². The molecule has 24 heavy (non-hydrogen) atoms. The van der Waals surface area contributed by atoms with E-state index in [-0.39, 0.29) is 18.9 Å².